The normalized spacial score (nSPS) is 18.9. The van der Waals surface area contributed by atoms with Crippen LogP contribution < -0.4 is 4.90 Å². The molecular formula is C22H19N. The molecule has 4 rings (SSSR count). The van der Waals surface area contributed by atoms with E-state index in [0.717, 1.165) is 6.42 Å². The molecule has 0 spiro atoms. The zero-order chi connectivity index (χ0) is 15.5. The number of para-hydroxylation sites is 2. The molecule has 112 valence electrons. The van der Waals surface area contributed by atoms with Crippen molar-refractivity contribution in [2.45, 2.75) is 6.42 Å². The van der Waals surface area contributed by atoms with Crippen molar-refractivity contribution in [3.63, 3.8) is 0 Å². The lowest BCUT2D eigenvalue weighted by atomic mass is 9.86. The highest BCUT2D eigenvalue weighted by atomic mass is 15.1. The maximum atomic E-state index is 2.35. The molecule has 0 bridgehead atoms. The van der Waals surface area contributed by atoms with E-state index in [-0.39, 0.29) is 0 Å². The fraction of sp³-hybridized carbons (Fsp3) is 0.0909. The van der Waals surface area contributed by atoms with Gasteiger partial charge in [0.2, 0.25) is 0 Å². The Labute approximate surface area is 137 Å². The Hall–Kier alpha value is -2.80. The number of rotatable bonds is 3. The van der Waals surface area contributed by atoms with Gasteiger partial charge in [-0.15, -0.1) is 0 Å². The van der Waals surface area contributed by atoms with Crippen LogP contribution in [0.25, 0.3) is 0 Å². The van der Waals surface area contributed by atoms with Crippen molar-refractivity contribution >= 4 is 11.4 Å². The molecule has 1 heteroatoms. The highest BCUT2D eigenvalue weighted by Gasteiger charge is 2.23. The number of hydrogen-bond donors (Lipinski definition) is 0. The van der Waals surface area contributed by atoms with Crippen LogP contribution in [0.3, 0.4) is 0 Å². The summed E-state index contributed by atoms with van der Waals surface area (Å²) in [5.41, 5.74) is 5.03. The first-order valence-electron chi connectivity index (χ1n) is 8.09. The molecule has 0 N–H and O–H groups in total. The van der Waals surface area contributed by atoms with Crippen LogP contribution in [0.4, 0.5) is 11.4 Å². The summed E-state index contributed by atoms with van der Waals surface area (Å²) >= 11 is 0. The quantitative estimate of drug-likeness (QED) is 0.694. The van der Waals surface area contributed by atoms with Gasteiger partial charge in [-0.25, -0.2) is 0 Å². The van der Waals surface area contributed by atoms with Crippen molar-refractivity contribution < 1.29 is 0 Å². The molecular weight excluding hydrogens is 278 g/mol. The minimum atomic E-state index is 0.481. The fourth-order valence-electron chi connectivity index (χ4n) is 3.27. The minimum absolute atomic E-state index is 0.481. The van der Waals surface area contributed by atoms with Gasteiger partial charge in [0.25, 0.3) is 0 Å². The van der Waals surface area contributed by atoms with Gasteiger partial charge in [0, 0.05) is 23.0 Å². The Morgan fingerprint density at radius 1 is 0.739 bits per heavy atom. The Morgan fingerprint density at radius 3 is 2.04 bits per heavy atom. The van der Waals surface area contributed by atoms with Gasteiger partial charge in [0.1, 0.15) is 0 Å². The minimum Gasteiger partial charge on any atom is -0.310 e. The second-order valence-corrected chi connectivity index (χ2v) is 5.84. The van der Waals surface area contributed by atoms with Crippen LogP contribution in [0.2, 0.25) is 0 Å². The summed E-state index contributed by atoms with van der Waals surface area (Å²) in [6.45, 7) is 0. The lowest BCUT2D eigenvalue weighted by Gasteiger charge is -2.32. The van der Waals surface area contributed by atoms with E-state index in [1.165, 1.54) is 22.6 Å². The van der Waals surface area contributed by atoms with E-state index < -0.39 is 0 Å². The number of allylic oxidation sites excluding steroid dienone is 7. The third-order valence-electron chi connectivity index (χ3n) is 4.36. The van der Waals surface area contributed by atoms with Gasteiger partial charge in [0.05, 0.1) is 0 Å². The lowest BCUT2D eigenvalue weighted by Crippen LogP contribution is -2.21. The smallest absolute Gasteiger partial charge is 0.0496 e. The van der Waals surface area contributed by atoms with Crippen LogP contribution in [0.5, 0.6) is 0 Å². The van der Waals surface area contributed by atoms with Crippen molar-refractivity contribution in [3.05, 3.63) is 108 Å². The third-order valence-corrected chi connectivity index (χ3v) is 4.36. The average molecular weight is 297 g/mol. The van der Waals surface area contributed by atoms with E-state index in [1.807, 2.05) is 0 Å². The largest absolute Gasteiger partial charge is 0.310 e. The number of hydrogen-bond acceptors (Lipinski definition) is 1. The molecule has 0 saturated heterocycles. The zero-order valence-electron chi connectivity index (χ0n) is 13.0. The van der Waals surface area contributed by atoms with E-state index in [1.54, 1.807) is 0 Å². The van der Waals surface area contributed by atoms with Crippen molar-refractivity contribution in [3.8, 4) is 0 Å². The predicted molar refractivity (Wildman–Crippen MR) is 97.6 cm³/mol. The van der Waals surface area contributed by atoms with Crippen molar-refractivity contribution in [1.82, 2.24) is 0 Å². The molecule has 2 aromatic carbocycles. The van der Waals surface area contributed by atoms with Crippen LogP contribution in [0.15, 0.2) is 108 Å². The maximum absolute atomic E-state index is 2.35. The molecule has 0 saturated carbocycles. The molecule has 0 fully saturated rings. The molecule has 1 nitrogen and oxygen atoms in total. The fourth-order valence-corrected chi connectivity index (χ4v) is 3.27. The van der Waals surface area contributed by atoms with Crippen LogP contribution in [0.1, 0.15) is 6.42 Å². The average Bonchev–Trinajstić information content (AvgIpc) is 2.64. The summed E-state index contributed by atoms with van der Waals surface area (Å²) in [5, 5.41) is 0. The Kier molecular flexibility index (Phi) is 3.69. The first-order chi connectivity index (χ1) is 11.4. The van der Waals surface area contributed by atoms with Gasteiger partial charge in [-0.3, -0.25) is 0 Å². The van der Waals surface area contributed by atoms with Gasteiger partial charge in [0.15, 0.2) is 0 Å². The van der Waals surface area contributed by atoms with Crippen LogP contribution in [-0.2, 0) is 0 Å². The molecule has 23 heavy (non-hydrogen) atoms. The van der Waals surface area contributed by atoms with Crippen LogP contribution >= 0.6 is 0 Å². The first-order valence-corrected chi connectivity index (χ1v) is 8.09. The number of anilines is 2. The molecule has 0 aliphatic heterocycles. The summed E-state index contributed by atoms with van der Waals surface area (Å²) in [7, 11) is 0. The Balaban J connectivity index is 1.89. The SMILES string of the molecule is C1=CC2=C(N(c3ccccc3)c3ccccc3)C=CCC2C=C1. The van der Waals surface area contributed by atoms with E-state index in [2.05, 4.69) is 102 Å². The van der Waals surface area contributed by atoms with Crippen molar-refractivity contribution in [2.24, 2.45) is 5.92 Å². The lowest BCUT2D eigenvalue weighted by molar-refractivity contribution is 0.763. The summed E-state index contributed by atoms with van der Waals surface area (Å²) in [5.74, 6) is 0.481. The topological polar surface area (TPSA) is 3.24 Å². The third kappa shape index (κ3) is 2.66. The van der Waals surface area contributed by atoms with E-state index in [9.17, 15) is 0 Å². The van der Waals surface area contributed by atoms with Gasteiger partial charge in [-0.2, -0.15) is 0 Å². The number of fused-ring (bicyclic) bond motifs is 1. The number of benzene rings is 2. The molecule has 1 unspecified atom stereocenters. The summed E-state index contributed by atoms with van der Waals surface area (Å²) in [6, 6.07) is 21.2. The Morgan fingerprint density at radius 2 is 1.39 bits per heavy atom. The van der Waals surface area contributed by atoms with Gasteiger partial charge >= 0.3 is 0 Å². The van der Waals surface area contributed by atoms with Gasteiger partial charge < -0.3 is 4.90 Å². The van der Waals surface area contributed by atoms with E-state index >= 15 is 0 Å². The van der Waals surface area contributed by atoms with E-state index in [0.29, 0.717) is 5.92 Å². The number of nitrogens with zero attached hydrogens (tertiary/aromatic N) is 1. The van der Waals surface area contributed by atoms with Crippen molar-refractivity contribution in [1.29, 1.82) is 0 Å². The van der Waals surface area contributed by atoms with Gasteiger partial charge in [-0.1, -0.05) is 66.8 Å². The molecule has 0 amide bonds. The first kappa shape index (κ1) is 13.8. The summed E-state index contributed by atoms with van der Waals surface area (Å²) < 4.78 is 0. The molecule has 1 atom stereocenters. The summed E-state index contributed by atoms with van der Waals surface area (Å²) in [4.78, 5) is 2.35. The second kappa shape index (κ2) is 6.13. The van der Waals surface area contributed by atoms with Gasteiger partial charge in [-0.05, 0) is 42.3 Å². The zero-order valence-corrected chi connectivity index (χ0v) is 13.0. The second-order valence-electron chi connectivity index (χ2n) is 5.84. The maximum Gasteiger partial charge on any atom is 0.0496 e. The van der Waals surface area contributed by atoms with Crippen LogP contribution in [0, 0.1) is 5.92 Å². The monoisotopic (exact) mass is 297 g/mol. The molecule has 2 aromatic rings. The van der Waals surface area contributed by atoms with Crippen molar-refractivity contribution in [2.75, 3.05) is 4.90 Å². The highest BCUT2D eigenvalue weighted by molar-refractivity contribution is 5.72. The Bertz CT molecular complexity index is 755. The molecule has 0 heterocycles. The van der Waals surface area contributed by atoms with Crippen LogP contribution in [-0.4, -0.2) is 0 Å². The standard InChI is InChI=1S/C22H19N/c1-3-12-19(13-4-1)23(20-14-5-2-6-15-20)22-17-9-11-18-10-7-8-16-21(18)22/h1-10,12-18H,11H2. The summed E-state index contributed by atoms with van der Waals surface area (Å²) in [6.07, 6.45) is 14.5. The molecule has 0 radical (unpaired) electrons. The molecule has 2 aliphatic carbocycles. The highest BCUT2D eigenvalue weighted by Crippen LogP contribution is 2.37. The predicted octanol–water partition coefficient (Wildman–Crippen LogP) is 5.78. The molecule has 2 aliphatic rings. The molecule has 0 aromatic heterocycles. The van der Waals surface area contributed by atoms with E-state index in [4.69, 9.17) is 0 Å².